The molecule has 5 nitrogen and oxygen atoms in total. The minimum atomic E-state index is -3.89. The minimum Gasteiger partial charge on any atom is -0.481 e. The zero-order valence-electron chi connectivity index (χ0n) is 12.5. The molecular formula is C17H15BrO5S. The van der Waals surface area contributed by atoms with Gasteiger partial charge < -0.3 is 10.2 Å². The van der Waals surface area contributed by atoms with E-state index < -0.39 is 39.0 Å². The average molecular weight is 411 g/mol. The van der Waals surface area contributed by atoms with E-state index in [9.17, 15) is 23.4 Å². The Balaban J connectivity index is 2.11. The molecule has 0 bridgehead atoms. The number of hydrogen-bond donors (Lipinski definition) is 2. The zero-order valence-corrected chi connectivity index (χ0v) is 14.9. The van der Waals surface area contributed by atoms with Gasteiger partial charge in [0.15, 0.2) is 9.84 Å². The van der Waals surface area contributed by atoms with E-state index in [2.05, 4.69) is 15.9 Å². The highest BCUT2D eigenvalue weighted by Crippen LogP contribution is 2.64. The number of benzene rings is 2. The van der Waals surface area contributed by atoms with Gasteiger partial charge in [0.05, 0.1) is 16.8 Å². The third-order valence-corrected chi connectivity index (χ3v) is 7.37. The van der Waals surface area contributed by atoms with Crippen molar-refractivity contribution in [3.8, 4) is 0 Å². The molecule has 1 fully saturated rings. The molecule has 24 heavy (non-hydrogen) atoms. The summed E-state index contributed by atoms with van der Waals surface area (Å²) in [6, 6.07) is 14.6. The molecule has 3 rings (SSSR count). The van der Waals surface area contributed by atoms with Crippen LogP contribution in [0.1, 0.15) is 11.5 Å². The Kier molecular flexibility index (Phi) is 4.27. The van der Waals surface area contributed by atoms with Gasteiger partial charge in [0.25, 0.3) is 0 Å². The predicted octanol–water partition coefficient (Wildman–Crippen LogP) is 2.45. The quantitative estimate of drug-likeness (QED) is 0.789. The number of aliphatic hydroxyl groups is 1. The van der Waals surface area contributed by atoms with Crippen LogP contribution in [0.25, 0.3) is 0 Å². The van der Waals surface area contributed by atoms with Crippen LogP contribution in [0.4, 0.5) is 0 Å². The number of hydrogen-bond acceptors (Lipinski definition) is 4. The van der Waals surface area contributed by atoms with Gasteiger partial charge in [-0.05, 0) is 29.8 Å². The van der Waals surface area contributed by atoms with Crippen LogP contribution in [0.5, 0.6) is 0 Å². The standard InChI is InChI=1S/C17H15BrO5S/c18-12-8-6-11(7-9-12)14-15(17(14,10-19)16(20)21)24(22,23)13-4-2-1-3-5-13/h1-9,14-15,19H,10H2,(H,20,21)/t14-,15+,17+/m0/s1. The summed E-state index contributed by atoms with van der Waals surface area (Å²) in [6.07, 6.45) is 0. The van der Waals surface area contributed by atoms with E-state index in [-0.39, 0.29) is 4.90 Å². The fourth-order valence-electron chi connectivity index (χ4n) is 3.27. The lowest BCUT2D eigenvalue weighted by Gasteiger charge is -2.09. The summed E-state index contributed by atoms with van der Waals surface area (Å²) in [4.78, 5) is 11.9. The molecule has 0 aliphatic heterocycles. The lowest BCUT2D eigenvalue weighted by atomic mass is 10.0. The van der Waals surface area contributed by atoms with Gasteiger partial charge in [0.1, 0.15) is 5.41 Å². The van der Waals surface area contributed by atoms with Crippen LogP contribution in [0, 0.1) is 5.41 Å². The minimum absolute atomic E-state index is 0.0636. The van der Waals surface area contributed by atoms with E-state index in [1.165, 1.54) is 12.1 Å². The molecule has 0 saturated heterocycles. The van der Waals surface area contributed by atoms with E-state index >= 15 is 0 Å². The molecule has 0 amide bonds. The maximum Gasteiger partial charge on any atom is 0.314 e. The first-order chi connectivity index (χ1) is 11.4. The molecule has 2 aromatic rings. The van der Waals surface area contributed by atoms with Crippen molar-refractivity contribution in [3.05, 3.63) is 64.6 Å². The summed E-state index contributed by atoms with van der Waals surface area (Å²) >= 11 is 3.30. The largest absolute Gasteiger partial charge is 0.481 e. The normalized spacial score (nSPS) is 26.1. The van der Waals surface area contributed by atoms with Gasteiger partial charge in [-0.25, -0.2) is 8.42 Å². The van der Waals surface area contributed by atoms with Crippen molar-refractivity contribution in [2.24, 2.45) is 5.41 Å². The molecular weight excluding hydrogens is 396 g/mol. The SMILES string of the molecule is O=C(O)[C@@]1(CO)[C@H](S(=O)(=O)c2ccccc2)[C@@H]1c1ccc(Br)cc1. The molecule has 1 saturated carbocycles. The van der Waals surface area contributed by atoms with Crippen LogP contribution < -0.4 is 0 Å². The van der Waals surface area contributed by atoms with Gasteiger partial charge in [0.2, 0.25) is 0 Å². The highest BCUT2D eigenvalue weighted by Gasteiger charge is 2.75. The molecule has 0 aromatic heterocycles. The van der Waals surface area contributed by atoms with Crippen molar-refractivity contribution >= 4 is 31.7 Å². The Bertz CT molecular complexity index is 864. The summed E-state index contributed by atoms with van der Waals surface area (Å²) in [5.74, 6) is -2.10. The highest BCUT2D eigenvalue weighted by atomic mass is 79.9. The molecule has 3 atom stereocenters. The van der Waals surface area contributed by atoms with Crippen molar-refractivity contribution in [1.29, 1.82) is 0 Å². The first kappa shape index (κ1) is 17.1. The number of carboxylic acids is 1. The third kappa shape index (κ3) is 2.47. The number of carboxylic acid groups (broad SMARTS) is 1. The van der Waals surface area contributed by atoms with Crippen molar-refractivity contribution in [3.63, 3.8) is 0 Å². The second-order valence-electron chi connectivity index (χ2n) is 5.81. The molecule has 0 spiro atoms. The lowest BCUT2D eigenvalue weighted by Crippen LogP contribution is -2.27. The van der Waals surface area contributed by atoms with Crippen LogP contribution in [-0.2, 0) is 14.6 Å². The van der Waals surface area contributed by atoms with Crippen LogP contribution in [0.3, 0.4) is 0 Å². The Labute approximate surface area is 148 Å². The molecule has 126 valence electrons. The number of sulfone groups is 1. The predicted molar refractivity (Wildman–Crippen MR) is 91.5 cm³/mol. The zero-order chi connectivity index (χ0) is 17.5. The molecule has 0 radical (unpaired) electrons. The summed E-state index contributed by atoms with van der Waals surface area (Å²) in [5, 5.41) is 18.2. The van der Waals surface area contributed by atoms with E-state index in [0.29, 0.717) is 5.56 Å². The van der Waals surface area contributed by atoms with Crippen molar-refractivity contribution in [1.82, 2.24) is 0 Å². The Morgan fingerprint density at radius 1 is 1.08 bits per heavy atom. The molecule has 2 aromatic carbocycles. The second-order valence-corrected chi connectivity index (χ2v) is 8.80. The maximum absolute atomic E-state index is 12.9. The summed E-state index contributed by atoms with van der Waals surface area (Å²) < 4.78 is 26.7. The monoisotopic (exact) mass is 410 g/mol. The fraction of sp³-hybridized carbons (Fsp3) is 0.235. The summed E-state index contributed by atoms with van der Waals surface area (Å²) in [6.45, 7) is -0.736. The van der Waals surface area contributed by atoms with Gasteiger partial charge in [-0.1, -0.05) is 46.3 Å². The topological polar surface area (TPSA) is 91.7 Å². The first-order valence-electron chi connectivity index (χ1n) is 7.24. The molecule has 7 heteroatoms. The van der Waals surface area contributed by atoms with E-state index in [4.69, 9.17) is 0 Å². The number of aliphatic carboxylic acids is 1. The number of halogens is 1. The van der Waals surface area contributed by atoms with Crippen molar-refractivity contribution in [2.75, 3.05) is 6.61 Å². The van der Waals surface area contributed by atoms with Gasteiger partial charge in [-0.2, -0.15) is 0 Å². The first-order valence-corrected chi connectivity index (χ1v) is 9.58. The van der Waals surface area contributed by atoms with E-state index in [1.54, 1.807) is 42.5 Å². The van der Waals surface area contributed by atoms with Gasteiger partial charge in [-0.3, -0.25) is 4.79 Å². The molecule has 0 unspecified atom stereocenters. The Morgan fingerprint density at radius 2 is 1.67 bits per heavy atom. The third-order valence-electron chi connectivity index (χ3n) is 4.55. The molecule has 1 aliphatic carbocycles. The molecule has 0 heterocycles. The van der Waals surface area contributed by atoms with Crippen molar-refractivity contribution < 1.29 is 23.4 Å². The lowest BCUT2D eigenvalue weighted by molar-refractivity contribution is -0.145. The van der Waals surface area contributed by atoms with Crippen LogP contribution >= 0.6 is 15.9 Å². The van der Waals surface area contributed by atoms with Crippen LogP contribution in [0.2, 0.25) is 0 Å². The van der Waals surface area contributed by atoms with E-state index in [0.717, 1.165) is 4.47 Å². The molecule has 1 aliphatic rings. The number of carbonyl (C=O) groups is 1. The number of rotatable bonds is 5. The van der Waals surface area contributed by atoms with Crippen molar-refractivity contribution in [2.45, 2.75) is 16.1 Å². The van der Waals surface area contributed by atoms with Gasteiger partial charge in [-0.15, -0.1) is 0 Å². The van der Waals surface area contributed by atoms with Crippen LogP contribution in [-0.4, -0.2) is 36.5 Å². The summed E-state index contributed by atoms with van der Waals surface area (Å²) in [7, 11) is -3.89. The van der Waals surface area contributed by atoms with Gasteiger partial charge >= 0.3 is 5.97 Å². The van der Waals surface area contributed by atoms with E-state index in [1.807, 2.05) is 0 Å². The second kappa shape index (κ2) is 5.98. The fourth-order valence-corrected chi connectivity index (χ4v) is 5.92. The maximum atomic E-state index is 12.9. The highest BCUT2D eigenvalue weighted by molar-refractivity contribution is 9.10. The van der Waals surface area contributed by atoms with Crippen LogP contribution in [0.15, 0.2) is 64.0 Å². The Morgan fingerprint density at radius 3 is 2.17 bits per heavy atom. The molecule has 2 N–H and O–H groups in total. The van der Waals surface area contributed by atoms with Gasteiger partial charge in [0, 0.05) is 10.4 Å². The number of aliphatic hydroxyl groups excluding tert-OH is 1. The summed E-state index contributed by atoms with van der Waals surface area (Å²) in [5.41, 5.74) is -1.14. The smallest absolute Gasteiger partial charge is 0.314 e. The average Bonchev–Trinajstić information content (AvgIpc) is 3.28. The Hall–Kier alpha value is -1.70.